The fraction of sp³-hybridized carbons (Fsp3) is 0.174. The van der Waals surface area contributed by atoms with Crippen molar-refractivity contribution in [2.24, 2.45) is 0 Å². The lowest BCUT2D eigenvalue weighted by molar-refractivity contribution is -0.117. The predicted molar refractivity (Wildman–Crippen MR) is 139 cm³/mol. The van der Waals surface area contributed by atoms with E-state index < -0.39 is 27.9 Å². The van der Waals surface area contributed by atoms with Crippen LogP contribution in [0.4, 0.5) is 21.9 Å². The van der Waals surface area contributed by atoms with Gasteiger partial charge in [-0.05, 0) is 66.9 Å². The van der Waals surface area contributed by atoms with Crippen LogP contribution in [0.5, 0.6) is 0 Å². The third-order valence-corrected chi connectivity index (χ3v) is 8.92. The number of fused-ring (bicyclic) bond motifs is 1. The number of anilines is 3. The number of amides is 4. The van der Waals surface area contributed by atoms with Gasteiger partial charge in [0.2, 0.25) is 5.91 Å². The summed E-state index contributed by atoms with van der Waals surface area (Å²) in [6, 6.07) is 11.6. The largest absolute Gasteiger partial charge is 0.382 e. The molecule has 3 aromatic rings. The van der Waals surface area contributed by atoms with Gasteiger partial charge in [0.15, 0.2) is 0 Å². The number of hydrogen-bond acceptors (Lipinski definition) is 7. The summed E-state index contributed by atoms with van der Waals surface area (Å²) >= 11 is 12.9. The molecule has 4 amide bonds. The molecule has 0 unspecified atom stereocenters. The van der Waals surface area contributed by atoms with Crippen molar-refractivity contribution in [3.8, 4) is 0 Å². The van der Waals surface area contributed by atoms with Crippen LogP contribution in [0.2, 0.25) is 9.36 Å². The van der Waals surface area contributed by atoms with Crippen LogP contribution in [0.1, 0.15) is 28.8 Å². The van der Waals surface area contributed by atoms with E-state index in [0.717, 1.165) is 34.8 Å². The number of benzene rings is 2. The van der Waals surface area contributed by atoms with Crippen LogP contribution >= 0.6 is 34.5 Å². The minimum absolute atomic E-state index is 0.0258. The fourth-order valence-corrected chi connectivity index (χ4v) is 6.41. The summed E-state index contributed by atoms with van der Waals surface area (Å²) in [7, 11) is -4.11. The zero-order valence-corrected chi connectivity index (χ0v) is 21.5. The van der Waals surface area contributed by atoms with Crippen molar-refractivity contribution in [2.45, 2.75) is 29.5 Å². The van der Waals surface area contributed by atoms with Gasteiger partial charge in [0, 0.05) is 23.0 Å². The summed E-state index contributed by atoms with van der Waals surface area (Å²) in [6.45, 7) is 0. The Hall–Kier alpha value is -3.12. The first-order valence-corrected chi connectivity index (χ1v) is 13.8. The van der Waals surface area contributed by atoms with Gasteiger partial charge < -0.3 is 10.6 Å². The first-order valence-electron chi connectivity index (χ1n) is 10.8. The first kappa shape index (κ1) is 24.6. The molecule has 5 rings (SSSR count). The molecule has 1 fully saturated rings. The molecule has 2 heterocycles. The van der Waals surface area contributed by atoms with Crippen LogP contribution in [0.25, 0.3) is 0 Å². The lowest BCUT2D eigenvalue weighted by atomic mass is 9.97. The minimum Gasteiger partial charge on any atom is -0.382 e. The van der Waals surface area contributed by atoms with Crippen LogP contribution in [-0.2, 0) is 21.2 Å². The standard InChI is InChI=1S/C23H18Cl2N4O5S2/c24-17-11-15(27-23(32)28-36(33,34)21-8-7-19(25)35-21)4-6-18(17)29-20(30)10-12-9-14(26-13-1-2-13)3-5-16(12)22(29)31/h3-9,11,13,26H,1-2,10H2,(H2,27,28,32). The van der Waals surface area contributed by atoms with E-state index in [9.17, 15) is 22.8 Å². The highest BCUT2D eigenvalue weighted by molar-refractivity contribution is 7.92. The van der Waals surface area contributed by atoms with E-state index in [0.29, 0.717) is 17.2 Å². The van der Waals surface area contributed by atoms with Gasteiger partial charge >= 0.3 is 6.03 Å². The van der Waals surface area contributed by atoms with Gasteiger partial charge in [0.25, 0.3) is 15.9 Å². The normalized spacial score (nSPS) is 15.4. The fourth-order valence-electron chi connectivity index (χ4n) is 3.76. The Labute approximate surface area is 220 Å². The summed E-state index contributed by atoms with van der Waals surface area (Å²) < 4.78 is 26.6. The SMILES string of the molecule is O=C(Nc1ccc(N2C(=O)Cc3cc(NC4CC4)ccc3C2=O)c(Cl)c1)NS(=O)(=O)c1ccc(Cl)s1. The average Bonchev–Trinajstić information content (AvgIpc) is 3.50. The number of imide groups is 1. The lowest BCUT2D eigenvalue weighted by Crippen LogP contribution is -2.42. The number of hydrogen-bond donors (Lipinski definition) is 3. The van der Waals surface area contributed by atoms with Crippen molar-refractivity contribution in [1.82, 2.24) is 4.72 Å². The van der Waals surface area contributed by atoms with Crippen molar-refractivity contribution in [1.29, 1.82) is 0 Å². The first-order chi connectivity index (χ1) is 17.1. The highest BCUT2D eigenvalue weighted by Gasteiger charge is 2.34. The number of thiophene rings is 1. The maximum absolute atomic E-state index is 13.2. The molecule has 186 valence electrons. The maximum Gasteiger partial charge on any atom is 0.333 e. The summed E-state index contributed by atoms with van der Waals surface area (Å²) in [4.78, 5) is 39.3. The molecule has 9 nitrogen and oxygen atoms in total. The van der Waals surface area contributed by atoms with Crippen LogP contribution in [-0.4, -0.2) is 32.3 Å². The van der Waals surface area contributed by atoms with Gasteiger partial charge in [-0.3, -0.25) is 9.59 Å². The molecule has 1 saturated carbocycles. The van der Waals surface area contributed by atoms with Crippen molar-refractivity contribution < 1.29 is 22.8 Å². The minimum atomic E-state index is -4.11. The van der Waals surface area contributed by atoms with E-state index in [1.165, 1.54) is 30.3 Å². The Morgan fingerprint density at radius 3 is 2.42 bits per heavy atom. The second-order valence-electron chi connectivity index (χ2n) is 8.29. The second-order valence-corrected chi connectivity index (χ2v) is 12.3. The van der Waals surface area contributed by atoms with Crippen LogP contribution < -0.4 is 20.3 Å². The molecular formula is C23H18Cl2N4O5S2. The molecular weight excluding hydrogens is 547 g/mol. The van der Waals surface area contributed by atoms with Gasteiger partial charge in [-0.25, -0.2) is 22.8 Å². The zero-order valence-electron chi connectivity index (χ0n) is 18.4. The highest BCUT2D eigenvalue weighted by Crippen LogP contribution is 2.34. The second kappa shape index (κ2) is 9.40. The van der Waals surface area contributed by atoms with E-state index in [-0.39, 0.29) is 31.4 Å². The molecule has 0 spiro atoms. The average molecular weight is 565 g/mol. The molecule has 3 N–H and O–H groups in total. The number of nitrogens with zero attached hydrogens (tertiary/aromatic N) is 1. The smallest absolute Gasteiger partial charge is 0.333 e. The molecule has 0 saturated heterocycles. The molecule has 0 radical (unpaired) electrons. The van der Waals surface area contributed by atoms with Gasteiger partial charge in [0.1, 0.15) is 4.21 Å². The van der Waals surface area contributed by atoms with Crippen LogP contribution in [0, 0.1) is 0 Å². The number of nitrogens with one attached hydrogen (secondary N) is 3. The Morgan fingerprint density at radius 2 is 1.75 bits per heavy atom. The van der Waals surface area contributed by atoms with E-state index in [1.54, 1.807) is 6.07 Å². The monoisotopic (exact) mass is 564 g/mol. The number of urea groups is 1. The molecule has 2 aliphatic rings. The lowest BCUT2D eigenvalue weighted by Gasteiger charge is -2.28. The maximum atomic E-state index is 13.2. The Balaban J connectivity index is 1.31. The van der Waals surface area contributed by atoms with Gasteiger partial charge in [-0.1, -0.05) is 23.2 Å². The molecule has 13 heteroatoms. The summed E-state index contributed by atoms with van der Waals surface area (Å²) in [5.74, 6) is -0.933. The van der Waals surface area contributed by atoms with E-state index in [4.69, 9.17) is 23.2 Å². The molecule has 0 bridgehead atoms. The van der Waals surface area contributed by atoms with Crippen molar-refractivity contribution >= 4 is 79.5 Å². The summed E-state index contributed by atoms with van der Waals surface area (Å²) in [5, 5.41) is 5.75. The quantitative estimate of drug-likeness (QED) is 0.367. The third-order valence-electron chi connectivity index (χ3n) is 5.56. The molecule has 1 aliphatic heterocycles. The van der Waals surface area contributed by atoms with E-state index >= 15 is 0 Å². The third kappa shape index (κ3) is 5.05. The van der Waals surface area contributed by atoms with Gasteiger partial charge in [-0.2, -0.15) is 0 Å². The molecule has 0 atom stereocenters. The summed E-state index contributed by atoms with van der Waals surface area (Å²) in [5.41, 5.74) is 2.25. The van der Waals surface area contributed by atoms with Crippen molar-refractivity contribution in [3.63, 3.8) is 0 Å². The van der Waals surface area contributed by atoms with E-state index in [2.05, 4.69) is 10.6 Å². The topological polar surface area (TPSA) is 125 Å². The molecule has 2 aromatic carbocycles. The zero-order chi connectivity index (χ0) is 25.6. The Morgan fingerprint density at radius 1 is 1.00 bits per heavy atom. The number of carbonyl (C=O) groups is 3. The number of rotatable bonds is 6. The Kier molecular flexibility index (Phi) is 6.41. The van der Waals surface area contributed by atoms with Gasteiger partial charge in [0.05, 0.1) is 21.5 Å². The van der Waals surface area contributed by atoms with Crippen LogP contribution in [0.15, 0.2) is 52.7 Å². The van der Waals surface area contributed by atoms with Crippen LogP contribution in [0.3, 0.4) is 0 Å². The van der Waals surface area contributed by atoms with Crippen molar-refractivity contribution in [3.05, 3.63) is 69.0 Å². The number of carbonyl (C=O) groups excluding carboxylic acids is 3. The number of halogens is 2. The highest BCUT2D eigenvalue weighted by atomic mass is 35.5. The molecule has 36 heavy (non-hydrogen) atoms. The summed E-state index contributed by atoms with van der Waals surface area (Å²) in [6.07, 6.45) is 2.24. The Bertz CT molecular complexity index is 1520. The van der Waals surface area contributed by atoms with E-state index in [1.807, 2.05) is 16.9 Å². The molecule has 1 aromatic heterocycles. The number of sulfonamides is 1. The molecule has 1 aliphatic carbocycles. The van der Waals surface area contributed by atoms with Crippen molar-refractivity contribution in [2.75, 3.05) is 15.5 Å². The van der Waals surface area contributed by atoms with Gasteiger partial charge in [-0.15, -0.1) is 11.3 Å². The predicted octanol–water partition coefficient (Wildman–Crippen LogP) is 4.87.